The van der Waals surface area contributed by atoms with Gasteiger partial charge < -0.3 is 5.11 Å². The summed E-state index contributed by atoms with van der Waals surface area (Å²) in [5.41, 5.74) is -0.538. The summed E-state index contributed by atoms with van der Waals surface area (Å²) in [6, 6.07) is 0. The van der Waals surface area contributed by atoms with Gasteiger partial charge in [-0.3, -0.25) is 4.79 Å². The van der Waals surface area contributed by atoms with E-state index in [1.54, 1.807) is 0 Å². The van der Waals surface area contributed by atoms with Gasteiger partial charge in [0.1, 0.15) is 0 Å². The van der Waals surface area contributed by atoms with Gasteiger partial charge in [-0.25, -0.2) is 0 Å². The van der Waals surface area contributed by atoms with Crippen LogP contribution in [0.5, 0.6) is 0 Å². The molecule has 0 heterocycles. The van der Waals surface area contributed by atoms with Gasteiger partial charge in [0.05, 0.1) is 5.41 Å². The lowest BCUT2D eigenvalue weighted by Crippen LogP contribution is -2.27. The maximum Gasteiger partial charge on any atom is 0.309 e. The smallest absolute Gasteiger partial charge is 0.309 e. The van der Waals surface area contributed by atoms with Crippen molar-refractivity contribution in [3.05, 3.63) is 0 Å². The molecule has 1 saturated carbocycles. The molecule has 88 valence electrons. The number of rotatable bonds is 3. The number of hydrogen-bond donors (Lipinski definition) is 1. The Balaban J connectivity index is 2.44. The van der Waals surface area contributed by atoms with Crippen molar-refractivity contribution >= 4 is 5.97 Å². The number of carbonyl (C=O) groups is 1. The Morgan fingerprint density at radius 2 is 1.60 bits per heavy atom. The highest BCUT2D eigenvalue weighted by molar-refractivity contribution is 5.73. The monoisotopic (exact) mass is 212 g/mol. The maximum absolute atomic E-state index is 11.0. The lowest BCUT2D eigenvalue weighted by molar-refractivity contribution is -0.148. The summed E-state index contributed by atoms with van der Waals surface area (Å²) in [6.07, 6.45) is 9.94. The summed E-state index contributed by atoms with van der Waals surface area (Å²) >= 11 is 0. The average Bonchev–Trinajstić information content (AvgIpc) is 2.09. The molecule has 0 atom stereocenters. The molecular weight excluding hydrogens is 188 g/mol. The van der Waals surface area contributed by atoms with E-state index in [1.807, 2.05) is 13.8 Å². The summed E-state index contributed by atoms with van der Waals surface area (Å²) in [5, 5.41) is 9.10. The predicted octanol–water partition coefficient (Wildman–Crippen LogP) is 3.85. The van der Waals surface area contributed by atoms with Gasteiger partial charge >= 0.3 is 5.97 Å². The van der Waals surface area contributed by atoms with E-state index in [4.69, 9.17) is 5.11 Å². The third kappa shape index (κ3) is 4.23. The van der Waals surface area contributed by atoms with Gasteiger partial charge in [0.2, 0.25) is 0 Å². The first-order valence-corrected chi connectivity index (χ1v) is 6.26. The second-order valence-electron chi connectivity index (χ2n) is 5.60. The molecule has 0 aromatic carbocycles. The Labute approximate surface area is 93.1 Å². The van der Waals surface area contributed by atoms with Crippen LogP contribution < -0.4 is 0 Å². The molecule has 0 unspecified atom stereocenters. The molecular formula is C13H24O2. The molecule has 1 aliphatic rings. The van der Waals surface area contributed by atoms with Gasteiger partial charge in [0.15, 0.2) is 0 Å². The minimum Gasteiger partial charge on any atom is -0.481 e. The van der Waals surface area contributed by atoms with E-state index in [0.717, 1.165) is 6.42 Å². The number of carboxylic acid groups (broad SMARTS) is 1. The van der Waals surface area contributed by atoms with Crippen LogP contribution >= 0.6 is 0 Å². The lowest BCUT2D eigenvalue weighted by Gasteiger charge is -2.27. The molecule has 1 aliphatic carbocycles. The molecule has 0 aromatic rings. The molecule has 1 rings (SSSR count). The van der Waals surface area contributed by atoms with Crippen LogP contribution in [0.4, 0.5) is 0 Å². The quantitative estimate of drug-likeness (QED) is 0.771. The van der Waals surface area contributed by atoms with Crippen LogP contribution in [0.3, 0.4) is 0 Å². The highest BCUT2D eigenvalue weighted by Crippen LogP contribution is 2.33. The van der Waals surface area contributed by atoms with Crippen molar-refractivity contribution in [2.45, 2.75) is 65.2 Å². The first-order valence-electron chi connectivity index (χ1n) is 6.26. The minimum atomic E-state index is -0.649. The Hall–Kier alpha value is -0.530. The zero-order valence-corrected chi connectivity index (χ0v) is 10.1. The third-order valence-corrected chi connectivity index (χ3v) is 3.60. The molecule has 15 heavy (non-hydrogen) atoms. The summed E-state index contributed by atoms with van der Waals surface area (Å²) in [7, 11) is 0. The molecule has 0 amide bonds. The van der Waals surface area contributed by atoms with E-state index in [1.165, 1.54) is 44.9 Å². The predicted molar refractivity (Wildman–Crippen MR) is 61.8 cm³/mol. The lowest BCUT2D eigenvalue weighted by atomic mass is 9.78. The zero-order valence-electron chi connectivity index (χ0n) is 10.1. The zero-order chi connectivity index (χ0) is 11.3. The summed E-state index contributed by atoms with van der Waals surface area (Å²) in [5.74, 6) is -0.0130. The van der Waals surface area contributed by atoms with Crippen molar-refractivity contribution in [2.75, 3.05) is 0 Å². The normalized spacial score (nSPS) is 20.7. The van der Waals surface area contributed by atoms with Crippen LogP contribution in [0.15, 0.2) is 0 Å². The van der Waals surface area contributed by atoms with Crippen LogP contribution in [-0.4, -0.2) is 11.1 Å². The van der Waals surface area contributed by atoms with E-state index in [2.05, 4.69) is 0 Å². The van der Waals surface area contributed by atoms with E-state index >= 15 is 0 Å². The first-order chi connectivity index (χ1) is 7.02. The molecule has 2 heteroatoms. The van der Waals surface area contributed by atoms with Gasteiger partial charge in [-0.1, -0.05) is 44.9 Å². The summed E-state index contributed by atoms with van der Waals surface area (Å²) < 4.78 is 0. The Morgan fingerprint density at radius 1 is 1.13 bits per heavy atom. The molecule has 0 spiro atoms. The van der Waals surface area contributed by atoms with Crippen molar-refractivity contribution < 1.29 is 9.90 Å². The Bertz CT molecular complexity index is 201. The molecule has 0 aromatic heterocycles. The van der Waals surface area contributed by atoms with Crippen LogP contribution in [0, 0.1) is 11.3 Å². The summed E-state index contributed by atoms with van der Waals surface area (Å²) in [6.45, 7) is 3.71. The topological polar surface area (TPSA) is 37.3 Å². The highest BCUT2D eigenvalue weighted by Gasteiger charge is 2.30. The molecule has 1 N–H and O–H groups in total. The second kappa shape index (κ2) is 5.53. The Morgan fingerprint density at radius 3 is 2.07 bits per heavy atom. The van der Waals surface area contributed by atoms with Crippen molar-refractivity contribution in [2.24, 2.45) is 11.3 Å². The fourth-order valence-corrected chi connectivity index (χ4v) is 2.55. The highest BCUT2D eigenvalue weighted by atomic mass is 16.4. The number of aliphatic carboxylic acids is 1. The van der Waals surface area contributed by atoms with Gasteiger partial charge in [0, 0.05) is 0 Å². The molecule has 0 radical (unpaired) electrons. The van der Waals surface area contributed by atoms with Gasteiger partial charge in [-0.05, 0) is 26.2 Å². The van der Waals surface area contributed by atoms with Crippen LogP contribution in [0.1, 0.15) is 65.2 Å². The van der Waals surface area contributed by atoms with E-state index < -0.39 is 11.4 Å². The van der Waals surface area contributed by atoms with Gasteiger partial charge in [-0.2, -0.15) is 0 Å². The van der Waals surface area contributed by atoms with E-state index in [-0.39, 0.29) is 0 Å². The maximum atomic E-state index is 11.0. The van der Waals surface area contributed by atoms with Gasteiger partial charge in [-0.15, -0.1) is 0 Å². The molecule has 2 nitrogen and oxygen atoms in total. The minimum absolute atomic E-state index is 0.538. The number of carboxylic acids is 1. The fourth-order valence-electron chi connectivity index (χ4n) is 2.55. The fraction of sp³-hybridized carbons (Fsp3) is 0.923. The van der Waals surface area contributed by atoms with E-state index in [0.29, 0.717) is 5.92 Å². The summed E-state index contributed by atoms with van der Waals surface area (Å²) in [4.78, 5) is 11.0. The van der Waals surface area contributed by atoms with Crippen LogP contribution in [0.25, 0.3) is 0 Å². The van der Waals surface area contributed by atoms with Crippen LogP contribution in [-0.2, 0) is 4.79 Å². The first kappa shape index (κ1) is 12.5. The van der Waals surface area contributed by atoms with Crippen molar-refractivity contribution in [3.63, 3.8) is 0 Å². The largest absolute Gasteiger partial charge is 0.481 e. The van der Waals surface area contributed by atoms with Crippen molar-refractivity contribution in [1.82, 2.24) is 0 Å². The van der Waals surface area contributed by atoms with Crippen molar-refractivity contribution in [1.29, 1.82) is 0 Å². The SMILES string of the molecule is CC(C)(CC1CCCCCCC1)C(=O)O. The van der Waals surface area contributed by atoms with E-state index in [9.17, 15) is 4.79 Å². The average molecular weight is 212 g/mol. The molecule has 0 saturated heterocycles. The van der Waals surface area contributed by atoms with Crippen molar-refractivity contribution in [3.8, 4) is 0 Å². The molecule has 0 aliphatic heterocycles. The Kier molecular flexibility index (Phi) is 4.62. The second-order valence-corrected chi connectivity index (χ2v) is 5.60. The van der Waals surface area contributed by atoms with Crippen LogP contribution in [0.2, 0.25) is 0 Å². The van der Waals surface area contributed by atoms with Gasteiger partial charge in [0.25, 0.3) is 0 Å². The molecule has 0 bridgehead atoms. The number of hydrogen-bond acceptors (Lipinski definition) is 1. The standard InChI is InChI=1S/C13H24O2/c1-13(2,12(14)15)10-11-8-6-4-3-5-7-9-11/h11H,3-10H2,1-2H3,(H,14,15). The third-order valence-electron chi connectivity index (χ3n) is 3.60. The molecule has 1 fully saturated rings.